The maximum atomic E-state index is 9.03. The SMILES string of the molecule is COc1ccc2cnc(O)nc2c1. The Morgan fingerprint density at radius 3 is 3.00 bits per heavy atom. The number of methoxy groups -OCH3 is 1. The van der Waals surface area contributed by atoms with Crippen molar-refractivity contribution in [1.29, 1.82) is 0 Å². The van der Waals surface area contributed by atoms with Crippen LogP contribution in [0.5, 0.6) is 11.8 Å². The average Bonchev–Trinajstić information content (AvgIpc) is 2.16. The van der Waals surface area contributed by atoms with E-state index in [-0.39, 0.29) is 6.01 Å². The summed E-state index contributed by atoms with van der Waals surface area (Å²) in [6, 6.07) is 5.19. The molecule has 0 aliphatic carbocycles. The molecule has 0 radical (unpaired) electrons. The molecule has 0 spiro atoms. The second-order valence-electron chi connectivity index (χ2n) is 2.59. The summed E-state index contributed by atoms with van der Waals surface area (Å²) in [5.41, 5.74) is 0.673. The standard InChI is InChI=1S/C9H8N2O2/c1-13-7-3-2-6-5-10-9(12)11-8(6)4-7/h2-5H,1H3,(H,10,11,12). The quantitative estimate of drug-likeness (QED) is 0.712. The van der Waals surface area contributed by atoms with Crippen LogP contribution in [0.25, 0.3) is 10.9 Å². The largest absolute Gasteiger partial charge is 0.497 e. The average molecular weight is 176 g/mol. The number of fused-ring (bicyclic) bond motifs is 1. The first kappa shape index (κ1) is 7.79. The van der Waals surface area contributed by atoms with E-state index in [1.165, 1.54) is 0 Å². The Bertz CT molecular complexity index is 443. The third-order valence-electron chi connectivity index (χ3n) is 1.78. The maximum Gasteiger partial charge on any atom is 0.314 e. The number of aromatic nitrogens is 2. The number of nitrogens with zero attached hydrogens (tertiary/aromatic N) is 2. The second kappa shape index (κ2) is 2.90. The van der Waals surface area contributed by atoms with Crippen molar-refractivity contribution in [1.82, 2.24) is 9.97 Å². The number of hydrogen-bond acceptors (Lipinski definition) is 4. The predicted molar refractivity (Wildman–Crippen MR) is 47.8 cm³/mol. The van der Waals surface area contributed by atoms with E-state index in [0.29, 0.717) is 11.3 Å². The van der Waals surface area contributed by atoms with E-state index in [4.69, 9.17) is 9.84 Å². The lowest BCUT2D eigenvalue weighted by Crippen LogP contribution is -1.86. The summed E-state index contributed by atoms with van der Waals surface area (Å²) in [5.74, 6) is 0.714. The molecular weight excluding hydrogens is 168 g/mol. The normalized spacial score (nSPS) is 10.2. The lowest BCUT2D eigenvalue weighted by Gasteiger charge is -2.00. The van der Waals surface area contributed by atoms with Crippen LogP contribution < -0.4 is 4.74 Å². The summed E-state index contributed by atoms with van der Waals surface area (Å²) in [4.78, 5) is 7.52. The highest BCUT2D eigenvalue weighted by molar-refractivity contribution is 5.79. The van der Waals surface area contributed by atoms with E-state index >= 15 is 0 Å². The molecule has 0 aliphatic heterocycles. The van der Waals surface area contributed by atoms with Crippen LogP contribution in [0.3, 0.4) is 0 Å². The maximum absolute atomic E-state index is 9.03. The molecule has 0 atom stereocenters. The predicted octanol–water partition coefficient (Wildman–Crippen LogP) is 1.34. The molecule has 1 heterocycles. The minimum atomic E-state index is -0.222. The molecule has 0 bridgehead atoms. The zero-order valence-electron chi connectivity index (χ0n) is 7.06. The highest BCUT2D eigenvalue weighted by Crippen LogP contribution is 2.19. The zero-order valence-corrected chi connectivity index (χ0v) is 7.06. The summed E-state index contributed by atoms with van der Waals surface area (Å²) in [7, 11) is 1.59. The first-order chi connectivity index (χ1) is 6.29. The molecule has 1 N–H and O–H groups in total. The molecule has 1 aromatic carbocycles. The van der Waals surface area contributed by atoms with Crippen molar-refractivity contribution in [3.05, 3.63) is 24.4 Å². The zero-order chi connectivity index (χ0) is 9.26. The van der Waals surface area contributed by atoms with Gasteiger partial charge in [0.1, 0.15) is 5.75 Å². The molecule has 0 unspecified atom stereocenters. The fraction of sp³-hybridized carbons (Fsp3) is 0.111. The fourth-order valence-electron chi connectivity index (χ4n) is 1.12. The van der Waals surface area contributed by atoms with Crippen molar-refractivity contribution in [2.45, 2.75) is 0 Å². The van der Waals surface area contributed by atoms with Crippen LogP contribution >= 0.6 is 0 Å². The van der Waals surface area contributed by atoms with Crippen molar-refractivity contribution < 1.29 is 9.84 Å². The minimum absolute atomic E-state index is 0.222. The third kappa shape index (κ3) is 1.38. The van der Waals surface area contributed by atoms with E-state index in [1.54, 1.807) is 19.4 Å². The van der Waals surface area contributed by atoms with Crippen molar-refractivity contribution in [3.8, 4) is 11.8 Å². The molecule has 66 valence electrons. The van der Waals surface area contributed by atoms with E-state index in [1.807, 2.05) is 12.1 Å². The van der Waals surface area contributed by atoms with Gasteiger partial charge in [-0.05, 0) is 12.1 Å². The topological polar surface area (TPSA) is 55.2 Å². The number of benzene rings is 1. The van der Waals surface area contributed by atoms with Gasteiger partial charge in [-0.2, -0.15) is 4.98 Å². The van der Waals surface area contributed by atoms with Crippen molar-refractivity contribution in [2.24, 2.45) is 0 Å². The van der Waals surface area contributed by atoms with Crippen LogP contribution in [0.1, 0.15) is 0 Å². The number of hydrogen-bond donors (Lipinski definition) is 1. The molecule has 0 aliphatic rings. The van der Waals surface area contributed by atoms with E-state index in [9.17, 15) is 0 Å². The van der Waals surface area contributed by atoms with Gasteiger partial charge in [0.05, 0.1) is 12.6 Å². The van der Waals surface area contributed by atoms with Gasteiger partial charge in [-0.15, -0.1) is 0 Å². The molecule has 0 saturated heterocycles. The van der Waals surface area contributed by atoms with Gasteiger partial charge in [-0.25, -0.2) is 4.98 Å². The third-order valence-corrected chi connectivity index (χ3v) is 1.78. The molecule has 13 heavy (non-hydrogen) atoms. The first-order valence-electron chi connectivity index (χ1n) is 3.79. The van der Waals surface area contributed by atoms with Gasteiger partial charge < -0.3 is 9.84 Å². The van der Waals surface area contributed by atoms with Crippen molar-refractivity contribution >= 4 is 10.9 Å². The van der Waals surface area contributed by atoms with E-state index in [0.717, 1.165) is 5.39 Å². The van der Waals surface area contributed by atoms with Crippen LogP contribution in [-0.4, -0.2) is 22.2 Å². The van der Waals surface area contributed by atoms with Gasteiger partial charge >= 0.3 is 6.01 Å². The number of rotatable bonds is 1. The Kier molecular flexibility index (Phi) is 1.73. The van der Waals surface area contributed by atoms with Crippen molar-refractivity contribution in [3.63, 3.8) is 0 Å². The van der Waals surface area contributed by atoms with Crippen LogP contribution in [0.2, 0.25) is 0 Å². The Balaban J connectivity index is 2.68. The van der Waals surface area contributed by atoms with E-state index in [2.05, 4.69) is 9.97 Å². The van der Waals surface area contributed by atoms with Crippen LogP contribution in [0.4, 0.5) is 0 Å². The second-order valence-corrected chi connectivity index (χ2v) is 2.59. The van der Waals surface area contributed by atoms with E-state index < -0.39 is 0 Å². The summed E-state index contributed by atoms with van der Waals surface area (Å²) in [6.07, 6.45) is 1.57. The smallest absolute Gasteiger partial charge is 0.314 e. The Morgan fingerprint density at radius 2 is 2.23 bits per heavy atom. The van der Waals surface area contributed by atoms with Gasteiger partial charge in [-0.1, -0.05) is 0 Å². The van der Waals surface area contributed by atoms with Gasteiger partial charge in [0.15, 0.2) is 0 Å². The minimum Gasteiger partial charge on any atom is -0.497 e. The Labute approximate surface area is 74.8 Å². The van der Waals surface area contributed by atoms with Gasteiger partial charge in [0.2, 0.25) is 0 Å². The molecule has 4 heteroatoms. The van der Waals surface area contributed by atoms with Crippen LogP contribution in [0.15, 0.2) is 24.4 Å². The monoisotopic (exact) mass is 176 g/mol. The molecule has 0 amide bonds. The molecule has 4 nitrogen and oxygen atoms in total. The van der Waals surface area contributed by atoms with Crippen LogP contribution in [0, 0.1) is 0 Å². The lowest BCUT2D eigenvalue weighted by molar-refractivity contribution is 0.415. The molecule has 1 aromatic heterocycles. The van der Waals surface area contributed by atoms with Crippen molar-refractivity contribution in [2.75, 3.05) is 7.11 Å². The van der Waals surface area contributed by atoms with Gasteiger partial charge in [0, 0.05) is 17.6 Å². The molecule has 0 saturated carbocycles. The highest BCUT2D eigenvalue weighted by Gasteiger charge is 1.99. The lowest BCUT2D eigenvalue weighted by atomic mass is 10.2. The Morgan fingerprint density at radius 1 is 1.38 bits per heavy atom. The number of aromatic hydroxyl groups is 1. The fourth-order valence-corrected chi connectivity index (χ4v) is 1.12. The first-order valence-corrected chi connectivity index (χ1v) is 3.79. The van der Waals surface area contributed by atoms with Crippen LogP contribution in [-0.2, 0) is 0 Å². The summed E-state index contributed by atoms with van der Waals surface area (Å²) < 4.78 is 5.02. The molecule has 2 rings (SSSR count). The summed E-state index contributed by atoms with van der Waals surface area (Å²) >= 11 is 0. The highest BCUT2D eigenvalue weighted by atomic mass is 16.5. The van der Waals surface area contributed by atoms with Gasteiger partial charge in [-0.3, -0.25) is 0 Å². The van der Waals surface area contributed by atoms with Gasteiger partial charge in [0.25, 0.3) is 0 Å². The molecular formula is C9H8N2O2. The summed E-state index contributed by atoms with van der Waals surface area (Å²) in [5, 5.41) is 9.90. The number of ether oxygens (including phenoxy) is 1. The summed E-state index contributed by atoms with van der Waals surface area (Å²) in [6.45, 7) is 0. The Hall–Kier alpha value is -1.84. The molecule has 0 fully saturated rings. The molecule has 2 aromatic rings.